The van der Waals surface area contributed by atoms with Gasteiger partial charge in [-0.1, -0.05) is 57.8 Å². The Morgan fingerprint density at radius 3 is 1.65 bits per heavy atom. The number of carboxylic acid groups (broad SMARTS) is 2. The maximum Gasteiger partial charge on any atom is 0.309 e. The Morgan fingerprint density at radius 1 is 0.826 bits per heavy atom. The van der Waals surface area contributed by atoms with E-state index in [1.807, 2.05) is 0 Å². The van der Waals surface area contributed by atoms with Gasteiger partial charge in [0.2, 0.25) is 0 Å². The van der Waals surface area contributed by atoms with Crippen LogP contribution in [0.15, 0.2) is 0 Å². The lowest BCUT2D eigenvalue weighted by Crippen LogP contribution is -2.23. The van der Waals surface area contributed by atoms with Crippen molar-refractivity contribution in [2.24, 2.45) is 10.8 Å². The second-order valence-corrected chi connectivity index (χ2v) is 7.96. The molecule has 0 saturated heterocycles. The third-order valence-corrected chi connectivity index (χ3v) is 5.34. The first-order chi connectivity index (χ1) is 10.8. The summed E-state index contributed by atoms with van der Waals surface area (Å²) < 4.78 is 0. The van der Waals surface area contributed by atoms with E-state index in [0.29, 0.717) is 0 Å². The quantitative estimate of drug-likeness (QED) is 0.427. The largest absolute Gasteiger partial charge is 0.481 e. The first kappa shape index (κ1) is 20.0. The SMILES string of the molecule is CC(C)(CCCCCCCCCCCC1(C(=O)O)CC1)C(=O)O. The molecule has 2 N–H and O–H groups in total. The van der Waals surface area contributed by atoms with Gasteiger partial charge in [0, 0.05) is 0 Å². The predicted octanol–water partition coefficient (Wildman–Crippen LogP) is 5.25. The van der Waals surface area contributed by atoms with Crippen molar-refractivity contribution < 1.29 is 19.8 Å². The average molecular weight is 326 g/mol. The molecule has 0 amide bonds. The lowest BCUT2D eigenvalue weighted by atomic mass is 9.87. The zero-order valence-electron chi connectivity index (χ0n) is 14.9. The molecular formula is C19H34O4. The molecule has 0 aromatic heterocycles. The van der Waals surface area contributed by atoms with E-state index < -0.39 is 17.4 Å². The summed E-state index contributed by atoms with van der Waals surface area (Å²) in [4.78, 5) is 22.0. The Kier molecular flexibility index (Phi) is 8.07. The summed E-state index contributed by atoms with van der Waals surface area (Å²) in [7, 11) is 0. The molecule has 4 heteroatoms. The van der Waals surface area contributed by atoms with E-state index in [1.54, 1.807) is 13.8 Å². The normalized spacial score (nSPS) is 16.3. The zero-order valence-corrected chi connectivity index (χ0v) is 14.9. The van der Waals surface area contributed by atoms with Crippen LogP contribution in [-0.4, -0.2) is 22.2 Å². The molecule has 1 rings (SSSR count). The molecule has 134 valence electrons. The van der Waals surface area contributed by atoms with E-state index in [0.717, 1.165) is 51.4 Å². The highest BCUT2D eigenvalue weighted by Crippen LogP contribution is 2.50. The fourth-order valence-electron chi connectivity index (χ4n) is 3.10. The van der Waals surface area contributed by atoms with E-state index in [1.165, 1.54) is 32.1 Å². The summed E-state index contributed by atoms with van der Waals surface area (Å²) in [5.41, 5.74) is -0.932. The minimum Gasteiger partial charge on any atom is -0.481 e. The molecule has 0 heterocycles. The molecule has 1 aliphatic carbocycles. The number of rotatable bonds is 14. The van der Waals surface area contributed by atoms with Crippen LogP contribution in [0.1, 0.15) is 97.3 Å². The Balaban J connectivity index is 1.85. The molecule has 0 aliphatic heterocycles. The third-order valence-electron chi connectivity index (χ3n) is 5.34. The predicted molar refractivity (Wildman–Crippen MR) is 91.5 cm³/mol. The number of carboxylic acids is 2. The molecule has 0 unspecified atom stereocenters. The molecule has 0 spiro atoms. The maximum absolute atomic E-state index is 11.0. The molecule has 0 bridgehead atoms. The smallest absolute Gasteiger partial charge is 0.309 e. The molecule has 1 fully saturated rings. The molecule has 4 nitrogen and oxygen atoms in total. The Bertz CT molecular complexity index is 359. The van der Waals surface area contributed by atoms with E-state index in [-0.39, 0.29) is 5.41 Å². The van der Waals surface area contributed by atoms with Crippen molar-refractivity contribution in [1.82, 2.24) is 0 Å². The van der Waals surface area contributed by atoms with Gasteiger partial charge in [0.1, 0.15) is 0 Å². The topological polar surface area (TPSA) is 74.6 Å². The van der Waals surface area contributed by atoms with Crippen LogP contribution < -0.4 is 0 Å². The van der Waals surface area contributed by atoms with Crippen molar-refractivity contribution in [2.75, 3.05) is 0 Å². The van der Waals surface area contributed by atoms with Gasteiger partial charge in [-0.2, -0.15) is 0 Å². The van der Waals surface area contributed by atoms with Crippen molar-refractivity contribution in [1.29, 1.82) is 0 Å². The second kappa shape index (κ2) is 9.29. The second-order valence-electron chi connectivity index (χ2n) is 7.96. The minimum absolute atomic E-state index is 0.344. The molecular weight excluding hydrogens is 292 g/mol. The third kappa shape index (κ3) is 7.36. The average Bonchev–Trinajstić information content (AvgIpc) is 3.25. The van der Waals surface area contributed by atoms with Crippen molar-refractivity contribution in [2.45, 2.75) is 97.3 Å². The summed E-state index contributed by atoms with van der Waals surface area (Å²) in [5.74, 6) is -1.29. The minimum atomic E-state index is -0.701. The van der Waals surface area contributed by atoms with Gasteiger partial charge < -0.3 is 10.2 Å². The molecule has 0 aromatic carbocycles. The van der Waals surface area contributed by atoms with E-state index in [2.05, 4.69) is 0 Å². The fraction of sp³-hybridized carbons (Fsp3) is 0.895. The first-order valence-electron chi connectivity index (χ1n) is 9.27. The summed E-state index contributed by atoms with van der Waals surface area (Å²) in [6.07, 6.45) is 13.8. The highest BCUT2D eigenvalue weighted by Gasteiger charge is 2.49. The number of aliphatic carboxylic acids is 2. The van der Waals surface area contributed by atoms with Crippen LogP contribution in [0, 0.1) is 10.8 Å². The van der Waals surface area contributed by atoms with Crippen LogP contribution in [0.5, 0.6) is 0 Å². The van der Waals surface area contributed by atoms with Crippen LogP contribution in [-0.2, 0) is 9.59 Å². The van der Waals surface area contributed by atoms with Crippen molar-refractivity contribution in [3.63, 3.8) is 0 Å². The van der Waals surface area contributed by atoms with Crippen LogP contribution in [0.25, 0.3) is 0 Å². The lowest BCUT2D eigenvalue weighted by molar-refractivity contribution is -0.147. The van der Waals surface area contributed by atoms with Crippen LogP contribution >= 0.6 is 0 Å². The van der Waals surface area contributed by atoms with Crippen LogP contribution in [0.3, 0.4) is 0 Å². The van der Waals surface area contributed by atoms with Crippen molar-refractivity contribution in [3.8, 4) is 0 Å². The van der Waals surface area contributed by atoms with Gasteiger partial charge in [-0.25, -0.2) is 0 Å². The highest BCUT2D eigenvalue weighted by molar-refractivity contribution is 5.77. The van der Waals surface area contributed by atoms with Crippen molar-refractivity contribution >= 4 is 11.9 Å². The highest BCUT2D eigenvalue weighted by atomic mass is 16.4. The Morgan fingerprint density at radius 2 is 1.26 bits per heavy atom. The Hall–Kier alpha value is -1.06. The number of carbonyl (C=O) groups is 2. The first-order valence-corrected chi connectivity index (χ1v) is 9.27. The zero-order chi connectivity index (χ0) is 17.3. The molecule has 0 aromatic rings. The molecule has 1 aliphatic rings. The van der Waals surface area contributed by atoms with Crippen LogP contribution in [0.2, 0.25) is 0 Å². The van der Waals surface area contributed by atoms with E-state index >= 15 is 0 Å². The van der Waals surface area contributed by atoms with Gasteiger partial charge >= 0.3 is 11.9 Å². The van der Waals surface area contributed by atoms with Gasteiger partial charge in [0.15, 0.2) is 0 Å². The standard InChI is InChI=1S/C19H34O4/c1-18(2,16(20)21)12-10-8-6-4-3-5-7-9-11-13-19(14-15-19)17(22)23/h3-15H2,1-2H3,(H,20,21)(H,22,23). The van der Waals surface area contributed by atoms with Crippen LogP contribution in [0.4, 0.5) is 0 Å². The number of hydrogen-bond acceptors (Lipinski definition) is 2. The van der Waals surface area contributed by atoms with Gasteiger partial charge in [-0.3, -0.25) is 9.59 Å². The number of unbranched alkanes of at least 4 members (excludes halogenated alkanes) is 8. The van der Waals surface area contributed by atoms with Gasteiger partial charge in [-0.05, 0) is 39.5 Å². The Labute approximate surface area is 140 Å². The monoisotopic (exact) mass is 326 g/mol. The summed E-state index contributed by atoms with van der Waals surface area (Å²) >= 11 is 0. The van der Waals surface area contributed by atoms with Gasteiger partial charge in [0.05, 0.1) is 10.8 Å². The van der Waals surface area contributed by atoms with Gasteiger partial charge in [-0.15, -0.1) is 0 Å². The fourth-order valence-corrected chi connectivity index (χ4v) is 3.10. The van der Waals surface area contributed by atoms with Crippen molar-refractivity contribution in [3.05, 3.63) is 0 Å². The maximum atomic E-state index is 11.0. The van der Waals surface area contributed by atoms with E-state index in [9.17, 15) is 9.59 Å². The summed E-state index contributed by atoms with van der Waals surface area (Å²) in [6.45, 7) is 3.59. The number of hydrogen-bond donors (Lipinski definition) is 2. The summed E-state index contributed by atoms with van der Waals surface area (Å²) in [6, 6.07) is 0. The van der Waals surface area contributed by atoms with E-state index in [4.69, 9.17) is 10.2 Å². The summed E-state index contributed by atoms with van der Waals surface area (Å²) in [5, 5.41) is 18.1. The molecule has 0 atom stereocenters. The molecule has 0 radical (unpaired) electrons. The lowest BCUT2D eigenvalue weighted by Gasteiger charge is -2.18. The van der Waals surface area contributed by atoms with Gasteiger partial charge in [0.25, 0.3) is 0 Å². The molecule has 23 heavy (non-hydrogen) atoms. The molecule has 1 saturated carbocycles.